The number of aromatic nitrogens is 3. The topological polar surface area (TPSA) is 52.0 Å². The van der Waals surface area contributed by atoms with Crippen LogP contribution in [0.5, 0.6) is 5.75 Å². The zero-order chi connectivity index (χ0) is 14.8. The van der Waals surface area contributed by atoms with Crippen LogP contribution in [-0.2, 0) is 20.2 Å². The van der Waals surface area contributed by atoms with Crippen molar-refractivity contribution in [2.45, 2.75) is 39.0 Å². The van der Waals surface area contributed by atoms with Crippen LogP contribution in [0.4, 0.5) is 0 Å². The zero-order valence-electron chi connectivity index (χ0n) is 12.3. The predicted octanol–water partition coefficient (Wildman–Crippen LogP) is 2.61. The van der Waals surface area contributed by atoms with E-state index in [-0.39, 0.29) is 0 Å². The first-order valence-corrected chi connectivity index (χ1v) is 7.51. The van der Waals surface area contributed by atoms with Gasteiger partial charge in [-0.25, -0.2) is 0 Å². The van der Waals surface area contributed by atoms with Crippen LogP contribution in [0.2, 0.25) is 5.02 Å². The Hall–Kier alpha value is -1.59. The number of hydrogen-bond acceptors (Lipinski definition) is 4. The molecule has 1 fully saturated rings. The highest BCUT2D eigenvalue weighted by Gasteiger charge is 2.21. The number of nitrogens with one attached hydrogen (secondary N) is 1. The van der Waals surface area contributed by atoms with E-state index in [4.69, 9.17) is 16.3 Å². The van der Waals surface area contributed by atoms with Crippen molar-refractivity contribution in [2.75, 3.05) is 0 Å². The maximum absolute atomic E-state index is 6.30. The molecule has 112 valence electrons. The first-order valence-electron chi connectivity index (χ1n) is 7.13. The molecule has 1 aliphatic carbocycles. The normalized spacial score (nSPS) is 14.4. The number of hydrogen-bond donors (Lipinski definition) is 1. The zero-order valence-corrected chi connectivity index (χ0v) is 13.0. The van der Waals surface area contributed by atoms with Gasteiger partial charge in [-0.05, 0) is 31.9 Å². The minimum atomic E-state index is 0.383. The van der Waals surface area contributed by atoms with Crippen LogP contribution in [0.1, 0.15) is 30.1 Å². The molecule has 0 amide bonds. The summed E-state index contributed by atoms with van der Waals surface area (Å²) in [6, 6.07) is 6.37. The third kappa shape index (κ3) is 3.36. The first kappa shape index (κ1) is 14.4. The van der Waals surface area contributed by atoms with Crippen LogP contribution in [-0.4, -0.2) is 20.8 Å². The van der Waals surface area contributed by atoms with E-state index >= 15 is 0 Å². The average Bonchev–Trinajstić information content (AvgIpc) is 3.24. The van der Waals surface area contributed by atoms with E-state index in [2.05, 4.69) is 15.5 Å². The number of nitrogens with zero attached hydrogens (tertiary/aromatic N) is 3. The minimum Gasteiger partial charge on any atom is -0.485 e. The van der Waals surface area contributed by atoms with E-state index in [0.717, 1.165) is 34.5 Å². The van der Waals surface area contributed by atoms with Crippen LogP contribution in [0.25, 0.3) is 0 Å². The van der Waals surface area contributed by atoms with Gasteiger partial charge in [-0.2, -0.15) is 0 Å². The maximum Gasteiger partial charge on any atom is 0.170 e. The summed E-state index contributed by atoms with van der Waals surface area (Å²) >= 11 is 6.30. The first-order chi connectivity index (χ1) is 10.1. The molecule has 0 bridgehead atoms. The van der Waals surface area contributed by atoms with E-state index < -0.39 is 0 Å². The van der Waals surface area contributed by atoms with Crippen molar-refractivity contribution in [3.8, 4) is 5.75 Å². The smallest absolute Gasteiger partial charge is 0.170 e. The van der Waals surface area contributed by atoms with Gasteiger partial charge in [0, 0.05) is 30.2 Å². The Bertz CT molecular complexity index is 637. The Morgan fingerprint density at radius 3 is 2.86 bits per heavy atom. The molecule has 21 heavy (non-hydrogen) atoms. The highest BCUT2D eigenvalue weighted by Crippen LogP contribution is 2.28. The Morgan fingerprint density at radius 1 is 1.38 bits per heavy atom. The fraction of sp³-hybridized carbons (Fsp3) is 0.467. The summed E-state index contributed by atoms with van der Waals surface area (Å²) in [6.07, 6.45) is 2.50. The van der Waals surface area contributed by atoms with Crippen LogP contribution in [0.3, 0.4) is 0 Å². The summed E-state index contributed by atoms with van der Waals surface area (Å²) in [7, 11) is 1.93. The lowest BCUT2D eigenvalue weighted by Gasteiger charge is -2.13. The molecule has 6 heteroatoms. The van der Waals surface area contributed by atoms with E-state index in [1.165, 1.54) is 12.8 Å². The minimum absolute atomic E-state index is 0.383. The summed E-state index contributed by atoms with van der Waals surface area (Å²) in [5, 5.41) is 12.3. The average molecular weight is 307 g/mol. The molecule has 2 aromatic rings. The second-order valence-electron chi connectivity index (χ2n) is 5.38. The number of aryl methyl sites for hydroxylation is 1. The second kappa shape index (κ2) is 6.03. The van der Waals surface area contributed by atoms with Crippen LogP contribution < -0.4 is 10.1 Å². The quantitative estimate of drug-likeness (QED) is 0.891. The number of ether oxygens (including phenoxy) is 1. The van der Waals surface area contributed by atoms with E-state index in [9.17, 15) is 0 Å². The molecular formula is C15H19ClN4O. The Morgan fingerprint density at radius 2 is 2.19 bits per heavy atom. The van der Waals surface area contributed by atoms with Gasteiger partial charge in [-0.3, -0.25) is 0 Å². The number of benzene rings is 1. The van der Waals surface area contributed by atoms with Crippen molar-refractivity contribution in [2.24, 2.45) is 7.05 Å². The van der Waals surface area contributed by atoms with Gasteiger partial charge in [0.25, 0.3) is 0 Å². The van der Waals surface area contributed by atoms with Gasteiger partial charge in [0.1, 0.15) is 18.2 Å². The molecule has 3 rings (SSSR count). The van der Waals surface area contributed by atoms with Crippen molar-refractivity contribution in [1.29, 1.82) is 0 Å². The lowest BCUT2D eigenvalue weighted by atomic mass is 10.2. The Labute approximate surface area is 129 Å². The number of rotatable bonds is 6. The SMILES string of the molecule is Cc1nnc(COc2cccc(Cl)c2CNC2CC2)n1C. The highest BCUT2D eigenvalue weighted by molar-refractivity contribution is 6.31. The summed E-state index contributed by atoms with van der Waals surface area (Å²) in [5.74, 6) is 2.47. The van der Waals surface area contributed by atoms with E-state index in [1.54, 1.807) is 0 Å². The largest absolute Gasteiger partial charge is 0.485 e. The van der Waals surface area contributed by atoms with Crippen LogP contribution >= 0.6 is 11.6 Å². The van der Waals surface area contributed by atoms with Gasteiger partial charge in [-0.15, -0.1) is 10.2 Å². The van der Waals surface area contributed by atoms with Crippen LogP contribution in [0.15, 0.2) is 18.2 Å². The molecule has 5 nitrogen and oxygen atoms in total. The van der Waals surface area contributed by atoms with Crippen molar-refractivity contribution in [3.63, 3.8) is 0 Å². The molecule has 1 aromatic heterocycles. The lowest BCUT2D eigenvalue weighted by molar-refractivity contribution is 0.287. The molecule has 0 aliphatic heterocycles. The molecule has 0 atom stereocenters. The van der Waals surface area contributed by atoms with Gasteiger partial charge in [0.2, 0.25) is 0 Å². The van der Waals surface area contributed by atoms with Gasteiger partial charge in [-0.1, -0.05) is 17.7 Å². The third-order valence-electron chi connectivity index (χ3n) is 3.76. The Kier molecular flexibility index (Phi) is 4.12. The molecule has 0 unspecified atom stereocenters. The van der Waals surface area contributed by atoms with Crippen LogP contribution in [0, 0.1) is 6.92 Å². The summed E-state index contributed by atoms with van der Waals surface area (Å²) in [5.41, 5.74) is 1.00. The molecule has 1 N–H and O–H groups in total. The molecule has 1 aliphatic rings. The van der Waals surface area contributed by atoms with E-state index in [0.29, 0.717) is 12.6 Å². The fourth-order valence-corrected chi connectivity index (χ4v) is 2.33. The molecule has 0 saturated heterocycles. The molecule has 0 radical (unpaired) electrons. The standard InChI is InChI=1S/C15H19ClN4O/c1-10-18-19-15(20(10)2)9-21-14-5-3-4-13(16)12(14)8-17-11-6-7-11/h3-5,11,17H,6-9H2,1-2H3. The molecular weight excluding hydrogens is 288 g/mol. The summed E-state index contributed by atoms with van der Waals surface area (Å²) < 4.78 is 7.83. The van der Waals surface area contributed by atoms with Crippen molar-refractivity contribution >= 4 is 11.6 Å². The van der Waals surface area contributed by atoms with Crippen molar-refractivity contribution in [3.05, 3.63) is 40.4 Å². The van der Waals surface area contributed by atoms with E-state index in [1.807, 2.05) is 36.7 Å². The molecule has 0 spiro atoms. The third-order valence-corrected chi connectivity index (χ3v) is 4.11. The highest BCUT2D eigenvalue weighted by atomic mass is 35.5. The predicted molar refractivity (Wildman–Crippen MR) is 81.4 cm³/mol. The summed E-state index contributed by atoms with van der Waals surface area (Å²) in [6.45, 7) is 3.03. The van der Waals surface area contributed by atoms with Gasteiger partial charge in [0.05, 0.1) is 0 Å². The fourth-order valence-electron chi connectivity index (χ4n) is 2.10. The monoisotopic (exact) mass is 306 g/mol. The van der Waals surface area contributed by atoms with Gasteiger partial charge in [0.15, 0.2) is 5.82 Å². The number of halogens is 1. The maximum atomic E-state index is 6.30. The lowest BCUT2D eigenvalue weighted by Crippen LogP contribution is -2.16. The van der Waals surface area contributed by atoms with Crippen molar-refractivity contribution < 1.29 is 4.74 Å². The molecule has 1 heterocycles. The second-order valence-corrected chi connectivity index (χ2v) is 5.79. The van der Waals surface area contributed by atoms with Gasteiger partial charge < -0.3 is 14.6 Å². The van der Waals surface area contributed by atoms with Crippen molar-refractivity contribution in [1.82, 2.24) is 20.1 Å². The summed E-state index contributed by atoms with van der Waals surface area (Å²) in [4.78, 5) is 0. The molecule has 1 aromatic carbocycles. The van der Waals surface area contributed by atoms with Gasteiger partial charge >= 0.3 is 0 Å². The Balaban J connectivity index is 1.71. The molecule has 1 saturated carbocycles.